The van der Waals surface area contributed by atoms with Crippen molar-refractivity contribution in [1.82, 2.24) is 4.98 Å². The van der Waals surface area contributed by atoms with Crippen LogP contribution in [-0.4, -0.2) is 28.6 Å². The lowest BCUT2D eigenvalue weighted by Crippen LogP contribution is -2.40. The van der Waals surface area contributed by atoms with Crippen LogP contribution in [0.2, 0.25) is 0 Å². The first-order chi connectivity index (χ1) is 8.50. The van der Waals surface area contributed by atoms with Gasteiger partial charge in [-0.05, 0) is 20.3 Å². The predicted molar refractivity (Wildman–Crippen MR) is 80.5 cm³/mol. The Morgan fingerprint density at radius 3 is 2.16 bits per heavy atom. The van der Waals surface area contributed by atoms with Gasteiger partial charge in [-0.3, -0.25) is 0 Å². The van der Waals surface area contributed by atoms with Crippen molar-refractivity contribution in [3.05, 3.63) is 10.6 Å². The van der Waals surface area contributed by atoms with Gasteiger partial charge in [-0.1, -0.05) is 39.0 Å². The highest BCUT2D eigenvalue weighted by molar-refractivity contribution is 7.17. The van der Waals surface area contributed by atoms with E-state index in [1.807, 2.05) is 27.8 Å². The summed E-state index contributed by atoms with van der Waals surface area (Å²) in [7, 11) is 1.97. The highest BCUT2D eigenvalue weighted by Gasteiger charge is 2.31. The molecule has 0 amide bonds. The van der Waals surface area contributed by atoms with Crippen LogP contribution in [0.25, 0.3) is 0 Å². The number of rotatable bonds is 4. The molecule has 0 saturated heterocycles. The van der Waals surface area contributed by atoms with E-state index in [1.165, 1.54) is 11.3 Å². The average Bonchev–Trinajstić information content (AvgIpc) is 2.72. The van der Waals surface area contributed by atoms with Gasteiger partial charge in [0.1, 0.15) is 4.88 Å². The van der Waals surface area contributed by atoms with Gasteiger partial charge in [0.2, 0.25) is 0 Å². The smallest absolute Gasteiger partial charge is 0.347 e. The van der Waals surface area contributed by atoms with Crippen LogP contribution in [0.1, 0.15) is 63.3 Å². The lowest BCUT2D eigenvalue weighted by Gasteiger charge is -2.34. The molecule has 0 radical (unpaired) electrons. The van der Waals surface area contributed by atoms with Gasteiger partial charge < -0.3 is 10.0 Å². The van der Waals surface area contributed by atoms with E-state index in [2.05, 4.69) is 30.7 Å². The number of aromatic carboxylic acids is 1. The van der Waals surface area contributed by atoms with Crippen molar-refractivity contribution in [2.75, 3.05) is 11.9 Å². The lowest BCUT2D eigenvalue weighted by atomic mass is 9.91. The predicted octanol–water partition coefficient (Wildman–Crippen LogP) is 3.76. The van der Waals surface area contributed by atoms with Crippen LogP contribution in [0.5, 0.6) is 0 Å². The van der Waals surface area contributed by atoms with Crippen LogP contribution in [0.15, 0.2) is 0 Å². The molecule has 0 aromatic carbocycles. The number of aromatic nitrogens is 1. The molecule has 0 saturated carbocycles. The minimum absolute atomic E-state index is 0.0389. The van der Waals surface area contributed by atoms with Crippen molar-refractivity contribution in [2.24, 2.45) is 0 Å². The zero-order valence-corrected chi connectivity index (χ0v) is 13.7. The van der Waals surface area contributed by atoms with Crippen molar-refractivity contribution in [3.8, 4) is 0 Å². The largest absolute Gasteiger partial charge is 0.477 e. The number of hydrogen-bond acceptors (Lipinski definition) is 4. The maximum absolute atomic E-state index is 11.4. The van der Waals surface area contributed by atoms with Crippen molar-refractivity contribution in [3.63, 3.8) is 0 Å². The molecule has 0 atom stereocenters. The molecule has 0 unspecified atom stereocenters. The molecule has 5 heteroatoms. The van der Waals surface area contributed by atoms with Crippen molar-refractivity contribution >= 4 is 22.4 Å². The fraction of sp³-hybridized carbons (Fsp3) is 0.714. The second kappa shape index (κ2) is 5.12. The Bertz CT molecular complexity index is 472. The number of carboxylic acid groups (broad SMARTS) is 1. The number of nitrogens with zero attached hydrogens (tertiary/aromatic N) is 2. The number of carboxylic acids is 1. The van der Waals surface area contributed by atoms with Gasteiger partial charge in [0.15, 0.2) is 5.13 Å². The molecule has 0 aliphatic heterocycles. The maximum Gasteiger partial charge on any atom is 0.347 e. The number of carbonyl (C=O) groups is 1. The van der Waals surface area contributed by atoms with E-state index in [1.54, 1.807) is 0 Å². The Hall–Kier alpha value is -1.10. The first kappa shape index (κ1) is 16.0. The molecule has 1 aromatic heterocycles. The third-order valence-corrected chi connectivity index (χ3v) is 4.70. The summed E-state index contributed by atoms with van der Waals surface area (Å²) in [6.45, 7) is 12.3. The highest BCUT2D eigenvalue weighted by atomic mass is 32.1. The van der Waals surface area contributed by atoms with Crippen molar-refractivity contribution in [2.45, 2.75) is 58.9 Å². The zero-order chi connectivity index (χ0) is 15.0. The van der Waals surface area contributed by atoms with Crippen molar-refractivity contribution in [1.29, 1.82) is 0 Å². The molecule has 0 fully saturated rings. The summed E-state index contributed by atoms with van der Waals surface area (Å²) in [5.74, 6) is -0.892. The standard InChI is InChI=1S/C14H24N2O2S/c1-8-14(5,6)16(7)12-15-10(13(2,3)4)9(19-12)11(17)18/h8H2,1-7H3,(H,17,18). The summed E-state index contributed by atoms with van der Waals surface area (Å²) in [6.07, 6.45) is 0.969. The van der Waals surface area contributed by atoms with E-state index in [0.29, 0.717) is 10.6 Å². The van der Waals surface area contributed by atoms with Crippen LogP contribution in [0.4, 0.5) is 5.13 Å². The number of hydrogen-bond donors (Lipinski definition) is 1. The van der Waals surface area contributed by atoms with Crippen LogP contribution in [0, 0.1) is 0 Å². The Morgan fingerprint density at radius 2 is 1.84 bits per heavy atom. The first-order valence-electron chi connectivity index (χ1n) is 6.49. The fourth-order valence-electron chi connectivity index (χ4n) is 1.60. The molecule has 1 aromatic rings. The van der Waals surface area contributed by atoms with Gasteiger partial charge in [0.05, 0.1) is 5.69 Å². The van der Waals surface area contributed by atoms with E-state index >= 15 is 0 Å². The molecule has 0 aliphatic carbocycles. The molecular weight excluding hydrogens is 260 g/mol. The summed E-state index contributed by atoms with van der Waals surface area (Å²) < 4.78 is 0. The zero-order valence-electron chi connectivity index (χ0n) is 12.9. The van der Waals surface area contributed by atoms with E-state index in [-0.39, 0.29) is 11.0 Å². The number of thiazole rings is 1. The molecular formula is C14H24N2O2S. The molecule has 108 valence electrons. The summed E-state index contributed by atoms with van der Waals surface area (Å²) >= 11 is 1.26. The minimum atomic E-state index is -0.892. The third-order valence-electron chi connectivity index (χ3n) is 3.58. The van der Waals surface area contributed by atoms with Gasteiger partial charge in [0.25, 0.3) is 0 Å². The summed E-state index contributed by atoms with van der Waals surface area (Å²) in [4.78, 5) is 18.4. The second-order valence-electron chi connectivity index (χ2n) is 6.45. The Labute approximate surface area is 119 Å². The van der Waals surface area contributed by atoms with Crippen LogP contribution in [-0.2, 0) is 5.41 Å². The average molecular weight is 284 g/mol. The monoisotopic (exact) mass is 284 g/mol. The molecule has 1 heterocycles. The minimum Gasteiger partial charge on any atom is -0.477 e. The molecule has 4 nitrogen and oxygen atoms in total. The first-order valence-corrected chi connectivity index (χ1v) is 7.30. The molecule has 19 heavy (non-hydrogen) atoms. The van der Waals surface area contributed by atoms with Gasteiger partial charge >= 0.3 is 5.97 Å². The molecule has 1 rings (SSSR count). The van der Waals surface area contributed by atoms with E-state index in [4.69, 9.17) is 0 Å². The highest BCUT2D eigenvalue weighted by Crippen LogP contribution is 2.36. The van der Waals surface area contributed by atoms with Gasteiger partial charge in [-0.2, -0.15) is 0 Å². The molecule has 1 N–H and O–H groups in total. The van der Waals surface area contributed by atoms with E-state index in [9.17, 15) is 9.90 Å². The molecule has 0 aliphatic rings. The Morgan fingerprint density at radius 1 is 1.32 bits per heavy atom. The summed E-state index contributed by atoms with van der Waals surface area (Å²) in [5.41, 5.74) is 0.362. The SMILES string of the molecule is CCC(C)(C)N(C)c1nc(C(C)(C)C)c(C(=O)O)s1. The molecule has 0 bridgehead atoms. The quantitative estimate of drug-likeness (QED) is 0.914. The second-order valence-corrected chi connectivity index (χ2v) is 7.43. The van der Waals surface area contributed by atoms with E-state index in [0.717, 1.165) is 11.6 Å². The van der Waals surface area contributed by atoms with Crippen LogP contribution in [0.3, 0.4) is 0 Å². The topological polar surface area (TPSA) is 53.4 Å². The van der Waals surface area contributed by atoms with E-state index < -0.39 is 5.97 Å². The van der Waals surface area contributed by atoms with Crippen molar-refractivity contribution < 1.29 is 9.90 Å². The Balaban J connectivity index is 3.30. The fourth-order valence-corrected chi connectivity index (χ4v) is 2.84. The maximum atomic E-state index is 11.4. The van der Waals surface area contributed by atoms with Gasteiger partial charge in [0, 0.05) is 18.0 Å². The summed E-state index contributed by atoms with van der Waals surface area (Å²) in [5, 5.41) is 10.1. The van der Waals surface area contributed by atoms with Gasteiger partial charge in [-0.25, -0.2) is 9.78 Å². The number of anilines is 1. The third kappa shape index (κ3) is 3.26. The lowest BCUT2D eigenvalue weighted by molar-refractivity contribution is 0.0699. The molecule has 0 spiro atoms. The summed E-state index contributed by atoms with van der Waals surface area (Å²) in [6, 6.07) is 0. The van der Waals surface area contributed by atoms with Crippen LogP contribution >= 0.6 is 11.3 Å². The van der Waals surface area contributed by atoms with Gasteiger partial charge in [-0.15, -0.1) is 0 Å². The Kier molecular flexibility index (Phi) is 4.30. The normalized spacial score (nSPS) is 12.6. The van der Waals surface area contributed by atoms with Crippen LogP contribution < -0.4 is 4.90 Å².